The Morgan fingerprint density at radius 2 is 1.70 bits per heavy atom. The second kappa shape index (κ2) is 8.02. The lowest BCUT2D eigenvalue weighted by Gasteiger charge is -2.14. The van der Waals surface area contributed by atoms with Crippen molar-refractivity contribution >= 4 is 49.7 Å². The first kappa shape index (κ1) is 20.3. The number of fused-ring (bicyclic) bond motifs is 3. The first-order valence-electron chi connectivity index (χ1n) is 8.92. The molecule has 0 spiro atoms. The minimum absolute atomic E-state index is 0.0176. The third kappa shape index (κ3) is 4.13. The molecule has 4 rings (SSSR count). The number of carboxylic acids is 1. The van der Waals surface area contributed by atoms with Gasteiger partial charge >= 0.3 is 5.97 Å². The molecule has 154 valence electrons. The van der Waals surface area contributed by atoms with Gasteiger partial charge in [0.2, 0.25) is 10.0 Å². The van der Waals surface area contributed by atoms with Crippen LogP contribution in [0.2, 0.25) is 0 Å². The molecule has 1 heterocycles. The van der Waals surface area contributed by atoms with Crippen molar-refractivity contribution in [2.24, 2.45) is 0 Å². The Morgan fingerprint density at radius 3 is 2.43 bits per heavy atom. The fraction of sp³-hybridized carbons (Fsp3) is 0.0952. The van der Waals surface area contributed by atoms with Crippen molar-refractivity contribution < 1.29 is 27.8 Å². The van der Waals surface area contributed by atoms with Gasteiger partial charge in [-0.05, 0) is 48.5 Å². The van der Waals surface area contributed by atoms with E-state index in [0.29, 0.717) is 21.4 Å². The first-order chi connectivity index (χ1) is 14.3. The van der Waals surface area contributed by atoms with Gasteiger partial charge in [0.1, 0.15) is 23.0 Å². The van der Waals surface area contributed by atoms with Crippen molar-refractivity contribution in [3.8, 4) is 5.75 Å². The number of sulfonamides is 1. The summed E-state index contributed by atoms with van der Waals surface area (Å²) in [4.78, 5) is 12.3. The van der Waals surface area contributed by atoms with Crippen LogP contribution in [0.15, 0.2) is 80.9 Å². The summed E-state index contributed by atoms with van der Waals surface area (Å²) in [6.07, 6.45) is 0. The Kier molecular flexibility index (Phi) is 5.42. The highest BCUT2D eigenvalue weighted by atomic mass is 32.2. The first-order valence-corrected chi connectivity index (χ1v) is 11.4. The molecule has 0 bridgehead atoms. The van der Waals surface area contributed by atoms with Crippen molar-refractivity contribution in [1.82, 2.24) is 4.72 Å². The fourth-order valence-electron chi connectivity index (χ4n) is 3.01. The van der Waals surface area contributed by atoms with Crippen LogP contribution < -0.4 is 4.72 Å². The Labute approximate surface area is 176 Å². The van der Waals surface area contributed by atoms with E-state index in [-0.39, 0.29) is 16.4 Å². The van der Waals surface area contributed by atoms with Crippen molar-refractivity contribution in [1.29, 1.82) is 0 Å². The minimum atomic E-state index is -4.08. The summed E-state index contributed by atoms with van der Waals surface area (Å²) in [7, 11) is -4.08. The quantitative estimate of drug-likeness (QED) is 0.372. The fourth-order valence-corrected chi connectivity index (χ4v) is 5.24. The summed E-state index contributed by atoms with van der Waals surface area (Å²) in [5.74, 6) is -1.20. The molecule has 9 heteroatoms. The van der Waals surface area contributed by atoms with Crippen LogP contribution in [0.1, 0.15) is 0 Å². The van der Waals surface area contributed by atoms with Crippen molar-refractivity contribution in [2.45, 2.75) is 15.8 Å². The van der Waals surface area contributed by atoms with Crippen LogP contribution in [0, 0.1) is 0 Å². The normalized spacial score (nSPS) is 12.9. The molecule has 0 aliphatic heterocycles. The van der Waals surface area contributed by atoms with Crippen LogP contribution in [-0.2, 0) is 14.8 Å². The van der Waals surface area contributed by atoms with Crippen LogP contribution in [-0.4, -0.2) is 36.4 Å². The van der Waals surface area contributed by atoms with Gasteiger partial charge in [0.15, 0.2) is 0 Å². The SMILES string of the molecule is O=C(O)C(CSc1ccc(O)cc1)NS(=O)(=O)c1ccc2oc3ccccc3c2c1. The summed E-state index contributed by atoms with van der Waals surface area (Å²) in [6.45, 7) is 0. The zero-order valence-corrected chi connectivity index (χ0v) is 17.1. The lowest BCUT2D eigenvalue weighted by atomic mass is 10.1. The number of aromatic hydroxyl groups is 1. The molecular formula is C21H17NO6S2. The van der Waals surface area contributed by atoms with Crippen LogP contribution in [0.4, 0.5) is 0 Å². The van der Waals surface area contributed by atoms with E-state index in [4.69, 9.17) is 4.42 Å². The highest BCUT2D eigenvalue weighted by Gasteiger charge is 2.26. The molecule has 4 aromatic rings. The molecular weight excluding hydrogens is 426 g/mol. The molecule has 0 amide bonds. The van der Waals surface area contributed by atoms with Gasteiger partial charge in [-0.3, -0.25) is 4.79 Å². The largest absolute Gasteiger partial charge is 0.508 e. The van der Waals surface area contributed by atoms with Gasteiger partial charge in [0.05, 0.1) is 4.90 Å². The predicted octanol–water partition coefficient (Wildman–Crippen LogP) is 3.82. The molecule has 0 fully saturated rings. The lowest BCUT2D eigenvalue weighted by Crippen LogP contribution is -2.42. The number of para-hydroxylation sites is 1. The maximum absolute atomic E-state index is 12.9. The summed E-state index contributed by atoms with van der Waals surface area (Å²) in [5, 5.41) is 20.2. The zero-order chi connectivity index (χ0) is 21.3. The number of carbonyl (C=O) groups is 1. The number of benzene rings is 3. The number of rotatable bonds is 7. The average Bonchev–Trinajstić information content (AvgIpc) is 3.10. The topological polar surface area (TPSA) is 117 Å². The molecule has 3 N–H and O–H groups in total. The minimum Gasteiger partial charge on any atom is -0.508 e. The van der Waals surface area contributed by atoms with E-state index in [1.54, 1.807) is 24.3 Å². The number of furan rings is 1. The van der Waals surface area contributed by atoms with E-state index in [2.05, 4.69) is 4.72 Å². The third-order valence-electron chi connectivity index (χ3n) is 4.51. The predicted molar refractivity (Wildman–Crippen MR) is 114 cm³/mol. The van der Waals surface area contributed by atoms with Gasteiger partial charge in [-0.25, -0.2) is 8.42 Å². The van der Waals surface area contributed by atoms with Crippen LogP contribution >= 0.6 is 11.8 Å². The number of nitrogens with one attached hydrogen (secondary N) is 1. The van der Waals surface area contributed by atoms with E-state index < -0.39 is 22.0 Å². The molecule has 0 saturated carbocycles. The molecule has 1 unspecified atom stereocenters. The van der Waals surface area contributed by atoms with Crippen molar-refractivity contribution in [3.05, 3.63) is 66.7 Å². The number of phenolic OH excluding ortho intramolecular Hbond substituents is 1. The van der Waals surface area contributed by atoms with Crippen molar-refractivity contribution in [3.63, 3.8) is 0 Å². The number of carboxylic acid groups (broad SMARTS) is 1. The number of phenols is 1. The second-order valence-corrected chi connectivity index (χ2v) is 9.38. The zero-order valence-electron chi connectivity index (χ0n) is 15.5. The van der Waals surface area contributed by atoms with E-state index in [1.165, 1.54) is 36.0 Å². The molecule has 0 radical (unpaired) electrons. The number of hydrogen-bond acceptors (Lipinski definition) is 6. The summed E-state index contributed by atoms with van der Waals surface area (Å²) >= 11 is 1.17. The summed E-state index contributed by atoms with van der Waals surface area (Å²) in [5.41, 5.74) is 1.19. The van der Waals surface area contributed by atoms with Gasteiger partial charge in [-0.1, -0.05) is 18.2 Å². The van der Waals surface area contributed by atoms with Gasteiger partial charge in [-0.15, -0.1) is 11.8 Å². The number of aliphatic carboxylic acids is 1. The highest BCUT2D eigenvalue weighted by Crippen LogP contribution is 2.30. The van der Waals surface area contributed by atoms with Gasteiger partial charge in [0, 0.05) is 21.4 Å². The molecule has 1 aromatic heterocycles. The lowest BCUT2D eigenvalue weighted by molar-refractivity contribution is -0.138. The van der Waals surface area contributed by atoms with Crippen molar-refractivity contribution in [2.75, 3.05) is 5.75 Å². The molecule has 0 saturated heterocycles. The van der Waals surface area contributed by atoms with Crippen LogP contribution in [0.25, 0.3) is 21.9 Å². The van der Waals surface area contributed by atoms with E-state index in [0.717, 1.165) is 5.39 Å². The van der Waals surface area contributed by atoms with Gasteiger partial charge in [-0.2, -0.15) is 4.72 Å². The Morgan fingerprint density at radius 1 is 1.00 bits per heavy atom. The monoisotopic (exact) mass is 443 g/mol. The third-order valence-corrected chi connectivity index (χ3v) is 7.08. The second-order valence-electron chi connectivity index (χ2n) is 6.57. The maximum Gasteiger partial charge on any atom is 0.322 e. The van der Waals surface area contributed by atoms with Crippen LogP contribution in [0.3, 0.4) is 0 Å². The average molecular weight is 444 g/mol. The molecule has 7 nitrogen and oxygen atoms in total. The highest BCUT2D eigenvalue weighted by molar-refractivity contribution is 7.99. The van der Waals surface area contributed by atoms with Gasteiger partial charge in [0.25, 0.3) is 0 Å². The van der Waals surface area contributed by atoms with Crippen LogP contribution in [0.5, 0.6) is 5.75 Å². The van der Waals surface area contributed by atoms with E-state index in [1.807, 2.05) is 18.2 Å². The molecule has 3 aromatic carbocycles. The Hall–Kier alpha value is -3.01. The standard InChI is InChI=1S/C21H17NO6S2/c23-13-5-7-14(8-6-13)29-12-18(21(24)25)22-30(26,27)15-9-10-20-17(11-15)16-3-1-2-4-19(16)28-20/h1-11,18,22-23H,12H2,(H,24,25). The molecule has 0 aliphatic carbocycles. The number of hydrogen-bond donors (Lipinski definition) is 3. The molecule has 0 aliphatic rings. The van der Waals surface area contributed by atoms with E-state index >= 15 is 0 Å². The Bertz CT molecular complexity index is 1330. The summed E-state index contributed by atoms with van der Waals surface area (Å²) in [6, 6.07) is 16.6. The smallest absolute Gasteiger partial charge is 0.322 e. The summed E-state index contributed by atoms with van der Waals surface area (Å²) < 4.78 is 33.7. The number of thioether (sulfide) groups is 1. The molecule has 30 heavy (non-hydrogen) atoms. The molecule has 1 atom stereocenters. The Balaban J connectivity index is 1.58. The van der Waals surface area contributed by atoms with Gasteiger partial charge < -0.3 is 14.6 Å². The van der Waals surface area contributed by atoms with E-state index in [9.17, 15) is 23.4 Å². The maximum atomic E-state index is 12.9.